The van der Waals surface area contributed by atoms with Crippen molar-refractivity contribution in [2.24, 2.45) is 16.7 Å². The van der Waals surface area contributed by atoms with E-state index in [9.17, 15) is 14.7 Å². The number of hydrogen-bond acceptors (Lipinski definition) is 6. The maximum absolute atomic E-state index is 14.1. The summed E-state index contributed by atoms with van der Waals surface area (Å²) in [6.07, 6.45) is 1.66. The second-order valence-corrected chi connectivity index (χ2v) is 15.3. The minimum Gasteiger partial charge on any atom is -0.380 e. The van der Waals surface area contributed by atoms with Gasteiger partial charge in [0, 0.05) is 23.5 Å². The summed E-state index contributed by atoms with van der Waals surface area (Å²) in [6, 6.07) is 12.8. The first-order chi connectivity index (χ1) is 21.7. The Morgan fingerprint density at radius 3 is 2.41 bits per heavy atom. The van der Waals surface area contributed by atoms with Crippen molar-refractivity contribution in [3.05, 3.63) is 64.4 Å². The van der Waals surface area contributed by atoms with Gasteiger partial charge >= 0.3 is 0 Å². The van der Waals surface area contributed by atoms with Crippen LogP contribution in [-0.2, 0) is 19.7 Å². The van der Waals surface area contributed by atoms with Gasteiger partial charge in [0.15, 0.2) is 0 Å². The van der Waals surface area contributed by atoms with E-state index in [0.717, 1.165) is 35.0 Å². The van der Waals surface area contributed by atoms with E-state index < -0.39 is 29.1 Å². The number of fused-ring (bicyclic) bond motifs is 1. The SMILES string of the molecule is CCNC(O)[C@H](NC(=O)C1(c2ccc3nc([C@@H](NC(=O)C(C)C)[C@H](c4ccccc4Cl)C4(C)CC4)[nH]c3c2)CCOC1)C(C)(C)C. The number of nitrogens with zero attached hydrogens (tertiary/aromatic N) is 1. The third-order valence-corrected chi connectivity index (χ3v) is 10.3. The molecule has 2 unspecified atom stereocenters. The monoisotopic (exact) mass is 651 g/mol. The predicted molar refractivity (Wildman–Crippen MR) is 182 cm³/mol. The average Bonchev–Trinajstić information content (AvgIpc) is 3.37. The number of hydrogen-bond donors (Lipinski definition) is 5. The summed E-state index contributed by atoms with van der Waals surface area (Å²) in [5.41, 5.74) is 1.95. The van der Waals surface area contributed by atoms with Crippen molar-refractivity contribution in [3.63, 3.8) is 0 Å². The molecule has 250 valence electrons. The van der Waals surface area contributed by atoms with Gasteiger partial charge in [-0.1, -0.05) is 84.3 Å². The highest BCUT2D eigenvalue weighted by Gasteiger charge is 2.51. The molecule has 0 radical (unpaired) electrons. The first-order valence-corrected chi connectivity index (χ1v) is 16.9. The molecule has 3 aromatic rings. The summed E-state index contributed by atoms with van der Waals surface area (Å²) in [5, 5.41) is 21.1. The Labute approximate surface area is 277 Å². The normalized spacial score (nSPS) is 22.0. The number of halogens is 1. The predicted octanol–water partition coefficient (Wildman–Crippen LogP) is 5.73. The quantitative estimate of drug-likeness (QED) is 0.159. The molecular formula is C36H50ClN5O4. The Balaban J connectivity index is 1.54. The summed E-state index contributed by atoms with van der Waals surface area (Å²) in [4.78, 5) is 35.9. The molecule has 2 fully saturated rings. The van der Waals surface area contributed by atoms with E-state index in [1.54, 1.807) is 0 Å². The van der Waals surface area contributed by atoms with Crippen molar-refractivity contribution < 1.29 is 19.4 Å². The molecule has 1 aliphatic carbocycles. The summed E-state index contributed by atoms with van der Waals surface area (Å²) >= 11 is 6.79. The number of carbonyl (C=O) groups is 2. The first kappa shape index (κ1) is 34.4. The van der Waals surface area contributed by atoms with Crippen LogP contribution in [0.1, 0.15) is 96.6 Å². The van der Waals surface area contributed by atoms with Gasteiger partial charge in [-0.05, 0) is 66.0 Å². The molecule has 1 saturated heterocycles. The van der Waals surface area contributed by atoms with E-state index >= 15 is 0 Å². The molecule has 46 heavy (non-hydrogen) atoms. The minimum absolute atomic E-state index is 0.0474. The van der Waals surface area contributed by atoms with Crippen molar-refractivity contribution in [1.82, 2.24) is 25.9 Å². The molecule has 5 N–H and O–H groups in total. The summed E-state index contributed by atoms with van der Waals surface area (Å²) in [5.74, 6) is 0.118. The third-order valence-electron chi connectivity index (χ3n) is 9.94. The number of H-pyrrole nitrogens is 1. The van der Waals surface area contributed by atoms with E-state index in [2.05, 4.69) is 27.9 Å². The van der Waals surface area contributed by atoms with Crippen LogP contribution in [-0.4, -0.2) is 58.9 Å². The van der Waals surface area contributed by atoms with Crippen molar-refractivity contribution in [2.45, 2.75) is 97.4 Å². The highest BCUT2D eigenvalue weighted by atomic mass is 35.5. The van der Waals surface area contributed by atoms with Crippen molar-refractivity contribution in [3.8, 4) is 0 Å². The largest absolute Gasteiger partial charge is 0.380 e. The second kappa shape index (κ2) is 13.3. The van der Waals surface area contributed by atoms with Gasteiger partial charge in [-0.25, -0.2) is 4.98 Å². The number of amides is 2. The van der Waals surface area contributed by atoms with Gasteiger partial charge in [-0.15, -0.1) is 0 Å². The number of imidazole rings is 1. The Hall–Kier alpha value is -2.98. The Bertz CT molecular complexity index is 1550. The molecule has 1 saturated carbocycles. The lowest BCUT2D eigenvalue weighted by atomic mass is 9.77. The number of aromatic nitrogens is 2. The van der Waals surface area contributed by atoms with Crippen LogP contribution in [0.5, 0.6) is 0 Å². The molecule has 0 spiro atoms. The van der Waals surface area contributed by atoms with Crippen LogP contribution in [0.4, 0.5) is 0 Å². The first-order valence-electron chi connectivity index (χ1n) is 16.6. The van der Waals surface area contributed by atoms with E-state index in [4.69, 9.17) is 21.3 Å². The average molecular weight is 652 g/mol. The van der Waals surface area contributed by atoms with Gasteiger partial charge in [0.25, 0.3) is 0 Å². The van der Waals surface area contributed by atoms with E-state index in [0.29, 0.717) is 30.4 Å². The standard InChI is InChI=1S/C36H50ClN5O4/c1-8-38-32(44)29(34(4,5)6)42-33(45)36(17-18-46-20-36)22-13-14-25-26(19-22)40-30(39-25)28(41-31(43)21(2)3)27(35(7)15-16-35)23-11-9-10-12-24(23)37/h9-14,19,21,27-29,32,38,44H,8,15-18,20H2,1-7H3,(H,39,40)(H,41,43)(H,42,45)/t27-,28-,29-,32?,36?/m0/s1. The molecule has 2 aliphatic rings. The van der Waals surface area contributed by atoms with Crippen LogP contribution in [0.25, 0.3) is 11.0 Å². The lowest BCUT2D eigenvalue weighted by molar-refractivity contribution is -0.130. The lowest BCUT2D eigenvalue weighted by Gasteiger charge is -2.38. The number of ether oxygens (including phenoxy) is 1. The number of aromatic amines is 1. The molecule has 9 nitrogen and oxygen atoms in total. The molecule has 2 aromatic carbocycles. The highest BCUT2D eigenvalue weighted by Crippen LogP contribution is 2.60. The third kappa shape index (κ3) is 6.84. The fourth-order valence-corrected chi connectivity index (χ4v) is 7.03. The molecule has 2 amide bonds. The molecule has 5 rings (SSSR count). The number of benzene rings is 2. The van der Waals surface area contributed by atoms with Crippen LogP contribution in [0.15, 0.2) is 42.5 Å². The molecule has 0 bridgehead atoms. The van der Waals surface area contributed by atoms with Gasteiger partial charge in [0.1, 0.15) is 12.1 Å². The van der Waals surface area contributed by atoms with Gasteiger partial charge < -0.3 is 25.5 Å². The molecule has 5 atom stereocenters. The lowest BCUT2D eigenvalue weighted by Crippen LogP contribution is -2.60. The zero-order chi connectivity index (χ0) is 33.4. The Kier molecular flexibility index (Phi) is 9.90. The van der Waals surface area contributed by atoms with Crippen LogP contribution in [0.2, 0.25) is 5.02 Å². The van der Waals surface area contributed by atoms with Crippen LogP contribution in [0.3, 0.4) is 0 Å². The number of likely N-dealkylation sites (N-methyl/N-ethyl adjacent to an activating group) is 1. The van der Waals surface area contributed by atoms with Crippen molar-refractivity contribution in [1.29, 1.82) is 0 Å². The van der Waals surface area contributed by atoms with E-state index in [-0.39, 0.29) is 35.7 Å². The topological polar surface area (TPSA) is 128 Å². The number of carbonyl (C=O) groups excluding carboxylic acids is 2. The Morgan fingerprint density at radius 1 is 1.11 bits per heavy atom. The van der Waals surface area contributed by atoms with Gasteiger partial charge in [-0.3, -0.25) is 14.9 Å². The summed E-state index contributed by atoms with van der Waals surface area (Å²) < 4.78 is 5.84. The van der Waals surface area contributed by atoms with Crippen LogP contribution >= 0.6 is 11.6 Å². The minimum atomic E-state index is -0.929. The van der Waals surface area contributed by atoms with Crippen molar-refractivity contribution in [2.75, 3.05) is 19.8 Å². The molecule has 10 heteroatoms. The fourth-order valence-electron chi connectivity index (χ4n) is 6.77. The number of aliphatic hydroxyl groups is 1. The van der Waals surface area contributed by atoms with E-state index in [1.807, 2.05) is 84.0 Å². The van der Waals surface area contributed by atoms with Crippen LogP contribution in [0, 0.1) is 16.7 Å². The summed E-state index contributed by atoms with van der Waals surface area (Å²) in [6.45, 7) is 15.2. The molecular weight excluding hydrogens is 602 g/mol. The fraction of sp³-hybridized carbons (Fsp3) is 0.583. The number of aliphatic hydroxyl groups excluding tert-OH is 1. The number of nitrogens with one attached hydrogen (secondary N) is 4. The number of rotatable bonds is 12. The molecule has 1 aliphatic heterocycles. The van der Waals surface area contributed by atoms with Crippen LogP contribution < -0.4 is 16.0 Å². The highest BCUT2D eigenvalue weighted by molar-refractivity contribution is 6.31. The Morgan fingerprint density at radius 2 is 1.83 bits per heavy atom. The second-order valence-electron chi connectivity index (χ2n) is 14.9. The van der Waals surface area contributed by atoms with E-state index in [1.165, 1.54) is 0 Å². The van der Waals surface area contributed by atoms with Crippen molar-refractivity contribution >= 4 is 34.4 Å². The zero-order valence-corrected chi connectivity index (χ0v) is 28.9. The molecule has 1 aromatic heterocycles. The summed E-state index contributed by atoms with van der Waals surface area (Å²) in [7, 11) is 0. The smallest absolute Gasteiger partial charge is 0.233 e. The van der Waals surface area contributed by atoms with Gasteiger partial charge in [0.05, 0.1) is 35.1 Å². The zero-order valence-electron chi connectivity index (χ0n) is 28.2. The maximum atomic E-state index is 14.1. The van der Waals surface area contributed by atoms with Gasteiger partial charge in [-0.2, -0.15) is 0 Å². The maximum Gasteiger partial charge on any atom is 0.233 e. The molecule has 2 heterocycles. The van der Waals surface area contributed by atoms with Gasteiger partial charge in [0.2, 0.25) is 11.8 Å².